The second-order valence-electron chi connectivity index (χ2n) is 3.24. The van der Waals surface area contributed by atoms with Crippen LogP contribution in [-0.4, -0.2) is 15.0 Å². The van der Waals surface area contributed by atoms with Gasteiger partial charge in [0.1, 0.15) is 10.6 Å². The van der Waals surface area contributed by atoms with Gasteiger partial charge in [-0.05, 0) is 24.5 Å². The number of ether oxygens (including phenoxy) is 1. The molecule has 0 saturated carbocycles. The first-order valence-corrected chi connectivity index (χ1v) is 5.91. The van der Waals surface area contributed by atoms with Crippen LogP contribution < -0.4 is 9.88 Å². The monoisotopic (exact) mass is 213 g/mol. The van der Waals surface area contributed by atoms with E-state index in [0.29, 0.717) is 12.4 Å². The van der Waals surface area contributed by atoms with Gasteiger partial charge >= 0.3 is 0 Å². The number of para-hydroxylation sites is 1. The lowest BCUT2D eigenvalue weighted by Gasteiger charge is -2.19. The van der Waals surface area contributed by atoms with Crippen molar-refractivity contribution in [1.29, 1.82) is 0 Å². The fourth-order valence-electron chi connectivity index (χ4n) is 1.58. The van der Waals surface area contributed by atoms with Crippen molar-refractivity contribution in [1.82, 2.24) is 0 Å². The minimum absolute atomic E-state index is 0.0923. The summed E-state index contributed by atoms with van der Waals surface area (Å²) >= 11 is 0. The minimum atomic E-state index is -3.67. The Morgan fingerprint density at radius 2 is 2.14 bits per heavy atom. The summed E-state index contributed by atoms with van der Waals surface area (Å²) in [5, 5.41) is 5.07. The molecule has 1 heterocycles. The van der Waals surface area contributed by atoms with Gasteiger partial charge in [0.2, 0.25) is 10.0 Å². The Morgan fingerprint density at radius 3 is 2.86 bits per heavy atom. The molecule has 0 radical (unpaired) electrons. The molecule has 0 bridgehead atoms. The molecule has 0 spiro atoms. The molecule has 2 N–H and O–H groups in total. The summed E-state index contributed by atoms with van der Waals surface area (Å²) in [5.41, 5.74) is 0.919. The van der Waals surface area contributed by atoms with Crippen molar-refractivity contribution in [2.45, 2.75) is 17.7 Å². The number of hydrogen-bond donors (Lipinski definition) is 1. The van der Waals surface area contributed by atoms with E-state index in [1.807, 2.05) is 6.07 Å². The van der Waals surface area contributed by atoms with E-state index in [0.717, 1.165) is 18.4 Å². The molecule has 1 aromatic carbocycles. The number of primary sulfonamides is 1. The Kier molecular flexibility index (Phi) is 2.20. The van der Waals surface area contributed by atoms with Crippen LogP contribution >= 0.6 is 0 Å². The van der Waals surface area contributed by atoms with Crippen LogP contribution in [-0.2, 0) is 16.4 Å². The van der Waals surface area contributed by atoms with Crippen molar-refractivity contribution in [2.75, 3.05) is 6.61 Å². The van der Waals surface area contributed by atoms with Crippen LogP contribution in [0, 0.1) is 0 Å². The Labute approximate surface area is 82.7 Å². The Morgan fingerprint density at radius 1 is 1.36 bits per heavy atom. The number of nitrogens with two attached hydrogens (primary N) is 1. The molecule has 0 amide bonds. The molecule has 2 rings (SSSR count). The normalized spacial score (nSPS) is 15.8. The number of hydrogen-bond acceptors (Lipinski definition) is 3. The van der Waals surface area contributed by atoms with E-state index in [-0.39, 0.29) is 4.90 Å². The number of benzene rings is 1. The second kappa shape index (κ2) is 3.25. The summed E-state index contributed by atoms with van der Waals surface area (Å²) in [4.78, 5) is 0.0923. The summed E-state index contributed by atoms with van der Waals surface area (Å²) in [6, 6.07) is 5.02. The highest BCUT2D eigenvalue weighted by Gasteiger charge is 2.20. The average Bonchev–Trinajstić information content (AvgIpc) is 2.15. The number of sulfonamides is 1. The van der Waals surface area contributed by atoms with Crippen molar-refractivity contribution >= 4 is 10.0 Å². The fraction of sp³-hybridized carbons (Fsp3) is 0.333. The van der Waals surface area contributed by atoms with E-state index in [4.69, 9.17) is 9.88 Å². The van der Waals surface area contributed by atoms with E-state index >= 15 is 0 Å². The van der Waals surface area contributed by atoms with E-state index in [2.05, 4.69) is 0 Å². The first-order valence-electron chi connectivity index (χ1n) is 4.36. The van der Waals surface area contributed by atoms with Crippen LogP contribution in [0.4, 0.5) is 0 Å². The van der Waals surface area contributed by atoms with Gasteiger partial charge in [-0.1, -0.05) is 12.1 Å². The average molecular weight is 213 g/mol. The van der Waals surface area contributed by atoms with Crippen molar-refractivity contribution in [3.63, 3.8) is 0 Å². The molecule has 0 saturated heterocycles. The third-order valence-corrected chi connectivity index (χ3v) is 3.14. The van der Waals surface area contributed by atoms with E-state index in [9.17, 15) is 8.42 Å². The maximum Gasteiger partial charge on any atom is 0.241 e. The molecule has 4 nitrogen and oxygen atoms in total. The summed E-state index contributed by atoms with van der Waals surface area (Å²) in [6.07, 6.45) is 1.76. The lowest BCUT2D eigenvalue weighted by atomic mass is 10.1. The summed E-state index contributed by atoms with van der Waals surface area (Å²) < 4.78 is 27.7. The van der Waals surface area contributed by atoms with Gasteiger partial charge in [0.05, 0.1) is 6.61 Å². The van der Waals surface area contributed by atoms with Crippen LogP contribution in [0.5, 0.6) is 5.75 Å². The van der Waals surface area contributed by atoms with E-state index < -0.39 is 10.0 Å². The quantitative estimate of drug-likeness (QED) is 0.745. The number of aryl methyl sites for hydroxylation is 1. The predicted molar refractivity (Wildman–Crippen MR) is 51.6 cm³/mol. The standard InChI is InChI=1S/C9H11NO3S/c10-14(11,12)8-5-1-3-7-4-2-6-13-9(7)8/h1,3,5H,2,4,6H2,(H2,10,11,12). The summed E-state index contributed by atoms with van der Waals surface area (Å²) in [7, 11) is -3.67. The second-order valence-corrected chi connectivity index (χ2v) is 4.77. The van der Waals surface area contributed by atoms with Crippen LogP contribution in [0.25, 0.3) is 0 Å². The Bertz CT molecular complexity index is 453. The van der Waals surface area contributed by atoms with Crippen LogP contribution in [0.15, 0.2) is 23.1 Å². The molecule has 5 heteroatoms. The van der Waals surface area contributed by atoms with Gasteiger partial charge in [0, 0.05) is 0 Å². The molecular weight excluding hydrogens is 202 g/mol. The maximum absolute atomic E-state index is 11.2. The van der Waals surface area contributed by atoms with Gasteiger partial charge < -0.3 is 4.74 Å². The first-order chi connectivity index (χ1) is 6.59. The highest BCUT2D eigenvalue weighted by atomic mass is 32.2. The summed E-state index contributed by atoms with van der Waals surface area (Å²) in [6.45, 7) is 0.555. The van der Waals surface area contributed by atoms with Crippen molar-refractivity contribution < 1.29 is 13.2 Å². The Hall–Kier alpha value is -1.07. The summed E-state index contributed by atoms with van der Waals surface area (Å²) in [5.74, 6) is 0.432. The van der Waals surface area contributed by atoms with Gasteiger partial charge in [-0.3, -0.25) is 0 Å². The van der Waals surface area contributed by atoms with Crippen LogP contribution in [0.1, 0.15) is 12.0 Å². The Balaban J connectivity index is 2.62. The zero-order valence-corrected chi connectivity index (χ0v) is 8.38. The van der Waals surface area contributed by atoms with Crippen LogP contribution in [0.3, 0.4) is 0 Å². The van der Waals surface area contributed by atoms with Gasteiger partial charge in [-0.15, -0.1) is 0 Å². The molecule has 1 aliphatic heterocycles. The molecule has 0 aliphatic carbocycles. The third-order valence-electron chi connectivity index (χ3n) is 2.20. The molecule has 0 aromatic heterocycles. The van der Waals surface area contributed by atoms with Crippen molar-refractivity contribution in [3.05, 3.63) is 23.8 Å². The third kappa shape index (κ3) is 1.60. The first kappa shape index (κ1) is 9.48. The van der Waals surface area contributed by atoms with Crippen molar-refractivity contribution in [3.8, 4) is 5.75 Å². The number of rotatable bonds is 1. The van der Waals surface area contributed by atoms with E-state index in [1.165, 1.54) is 6.07 Å². The number of fused-ring (bicyclic) bond motifs is 1. The van der Waals surface area contributed by atoms with Gasteiger partial charge in [-0.2, -0.15) is 0 Å². The molecule has 1 aromatic rings. The fourth-order valence-corrected chi connectivity index (χ4v) is 2.30. The molecule has 0 unspecified atom stereocenters. The highest BCUT2D eigenvalue weighted by molar-refractivity contribution is 7.89. The largest absolute Gasteiger partial charge is 0.492 e. The highest BCUT2D eigenvalue weighted by Crippen LogP contribution is 2.31. The molecular formula is C9H11NO3S. The molecule has 0 fully saturated rings. The molecule has 0 atom stereocenters. The van der Waals surface area contributed by atoms with Crippen LogP contribution in [0.2, 0.25) is 0 Å². The van der Waals surface area contributed by atoms with Gasteiger partial charge in [0.25, 0.3) is 0 Å². The predicted octanol–water partition coefficient (Wildman–Crippen LogP) is 0.659. The van der Waals surface area contributed by atoms with Crippen molar-refractivity contribution in [2.24, 2.45) is 5.14 Å². The lowest BCUT2D eigenvalue weighted by Crippen LogP contribution is -2.17. The van der Waals surface area contributed by atoms with E-state index in [1.54, 1.807) is 6.07 Å². The lowest BCUT2D eigenvalue weighted by molar-refractivity contribution is 0.280. The minimum Gasteiger partial charge on any atom is -0.492 e. The molecule has 1 aliphatic rings. The molecule has 76 valence electrons. The zero-order valence-electron chi connectivity index (χ0n) is 7.56. The maximum atomic E-state index is 11.2. The smallest absolute Gasteiger partial charge is 0.241 e. The van der Waals surface area contributed by atoms with Gasteiger partial charge in [0.15, 0.2) is 0 Å². The van der Waals surface area contributed by atoms with Gasteiger partial charge in [-0.25, -0.2) is 13.6 Å². The zero-order chi connectivity index (χ0) is 10.2. The topological polar surface area (TPSA) is 69.4 Å². The molecule has 14 heavy (non-hydrogen) atoms. The SMILES string of the molecule is NS(=O)(=O)c1cccc2c1OCCC2.